The molecule has 0 radical (unpaired) electrons. The molecule has 2 heterocycles. The molecule has 0 saturated carbocycles. The summed E-state index contributed by atoms with van der Waals surface area (Å²) in [7, 11) is 0. The van der Waals surface area contributed by atoms with Crippen LogP contribution in [0.1, 0.15) is 20.7 Å². The van der Waals surface area contributed by atoms with Gasteiger partial charge < -0.3 is 0 Å². The van der Waals surface area contributed by atoms with Crippen LogP contribution in [0.15, 0.2) is 24.3 Å². The van der Waals surface area contributed by atoms with Gasteiger partial charge in [0.15, 0.2) is 0 Å². The number of carbonyl (C=O) groups excluding carboxylic acids is 2. The minimum absolute atomic E-state index is 0.0537. The summed E-state index contributed by atoms with van der Waals surface area (Å²) in [5, 5.41) is 0. The van der Waals surface area contributed by atoms with Gasteiger partial charge in [-0.2, -0.15) is 4.21 Å². The third-order valence-electron chi connectivity index (χ3n) is 2.83. The lowest BCUT2D eigenvalue weighted by molar-refractivity contribution is 0.0589. The average molecular weight is 267 g/mol. The number of amides is 2. The van der Waals surface area contributed by atoms with E-state index in [1.54, 1.807) is 24.3 Å². The Bertz CT molecular complexity index is 523. The topological polar surface area (TPSA) is 72.9 Å². The number of carbonyl (C=O) groups is 2. The molecule has 1 saturated heterocycles. The lowest BCUT2D eigenvalue weighted by atomic mass is 10.1. The first-order chi connectivity index (χ1) is 8.66. The standard InChI is InChI=1S/C11H9NO5S/c13-10-8-3-1-2-4-9(8)11(14)12(10)5-7-6-16-18(15)17-7/h1-4,7H,5-6H2/t7-,18?/m0/s1. The van der Waals surface area contributed by atoms with Crippen molar-refractivity contribution in [2.75, 3.05) is 13.2 Å². The molecule has 0 bridgehead atoms. The first-order valence-corrected chi connectivity index (χ1v) is 6.34. The molecule has 7 heteroatoms. The highest BCUT2D eigenvalue weighted by molar-refractivity contribution is 7.75. The maximum atomic E-state index is 12.0. The van der Waals surface area contributed by atoms with Crippen molar-refractivity contribution in [3.05, 3.63) is 35.4 Å². The first-order valence-electron chi connectivity index (χ1n) is 5.34. The smallest absolute Gasteiger partial charge is 0.272 e. The number of hydrogen-bond donors (Lipinski definition) is 0. The number of nitrogens with zero attached hydrogens (tertiary/aromatic N) is 1. The van der Waals surface area contributed by atoms with E-state index in [0.717, 1.165) is 4.90 Å². The molecule has 2 aliphatic heterocycles. The third-order valence-corrected chi connectivity index (χ3v) is 3.59. The predicted molar refractivity (Wildman–Crippen MR) is 60.8 cm³/mol. The molecule has 1 aromatic rings. The molecule has 3 rings (SSSR count). The maximum Gasteiger partial charge on any atom is 0.305 e. The number of benzene rings is 1. The second-order valence-electron chi connectivity index (χ2n) is 3.97. The van der Waals surface area contributed by atoms with E-state index in [9.17, 15) is 13.8 Å². The summed E-state index contributed by atoms with van der Waals surface area (Å²) in [6.07, 6.45) is -0.534. The SMILES string of the molecule is O=C1c2ccccc2C(=O)N1C[C@H]1COS(=O)O1. The van der Waals surface area contributed by atoms with Gasteiger partial charge in [-0.1, -0.05) is 12.1 Å². The maximum absolute atomic E-state index is 12.0. The summed E-state index contributed by atoms with van der Waals surface area (Å²) in [6.45, 7) is 0.165. The highest BCUT2D eigenvalue weighted by atomic mass is 32.2. The Morgan fingerprint density at radius 3 is 2.33 bits per heavy atom. The molecule has 18 heavy (non-hydrogen) atoms. The molecule has 1 aromatic carbocycles. The number of imide groups is 1. The molecule has 6 nitrogen and oxygen atoms in total. The van der Waals surface area contributed by atoms with E-state index >= 15 is 0 Å². The molecule has 2 amide bonds. The molecular formula is C11H9NO5S. The molecule has 0 aromatic heterocycles. The van der Waals surface area contributed by atoms with Crippen LogP contribution in [-0.4, -0.2) is 40.2 Å². The first kappa shape index (κ1) is 11.5. The van der Waals surface area contributed by atoms with Gasteiger partial charge in [-0.05, 0) is 12.1 Å². The van der Waals surface area contributed by atoms with E-state index in [0.29, 0.717) is 11.1 Å². The highest BCUT2D eigenvalue weighted by Gasteiger charge is 2.38. The Labute approximate surface area is 105 Å². The Hall–Kier alpha value is -1.57. The normalized spacial score (nSPS) is 26.8. The number of fused-ring (bicyclic) bond motifs is 1. The van der Waals surface area contributed by atoms with E-state index in [4.69, 9.17) is 8.37 Å². The van der Waals surface area contributed by atoms with Gasteiger partial charge in [-0.15, -0.1) is 0 Å². The van der Waals surface area contributed by atoms with Gasteiger partial charge in [0, 0.05) is 0 Å². The van der Waals surface area contributed by atoms with Gasteiger partial charge in [-0.3, -0.25) is 22.9 Å². The van der Waals surface area contributed by atoms with Gasteiger partial charge in [0.2, 0.25) is 0 Å². The fourth-order valence-electron chi connectivity index (χ4n) is 1.99. The Morgan fingerprint density at radius 1 is 1.22 bits per heavy atom. The molecule has 94 valence electrons. The molecule has 0 N–H and O–H groups in total. The molecule has 0 spiro atoms. The van der Waals surface area contributed by atoms with Gasteiger partial charge in [-0.25, -0.2) is 0 Å². The molecule has 1 fully saturated rings. The fraction of sp³-hybridized carbons (Fsp3) is 0.273. The van der Waals surface area contributed by atoms with E-state index in [-0.39, 0.29) is 25.0 Å². The Kier molecular flexibility index (Phi) is 2.73. The summed E-state index contributed by atoms with van der Waals surface area (Å²) in [6, 6.07) is 6.63. The average Bonchev–Trinajstić information content (AvgIpc) is 2.88. The second-order valence-corrected chi connectivity index (χ2v) is 4.81. The zero-order chi connectivity index (χ0) is 12.7. The second kappa shape index (κ2) is 4.27. The lowest BCUT2D eigenvalue weighted by Gasteiger charge is -2.15. The van der Waals surface area contributed by atoms with Gasteiger partial charge in [0.1, 0.15) is 6.10 Å². The third kappa shape index (κ3) is 1.76. The van der Waals surface area contributed by atoms with Crippen molar-refractivity contribution >= 4 is 23.2 Å². The van der Waals surface area contributed by atoms with Crippen molar-refractivity contribution in [3.8, 4) is 0 Å². The molecule has 0 aliphatic carbocycles. The Balaban J connectivity index is 1.82. The molecule has 2 aliphatic rings. The van der Waals surface area contributed by atoms with Crippen molar-refractivity contribution in [2.45, 2.75) is 6.10 Å². The monoisotopic (exact) mass is 267 g/mol. The predicted octanol–water partition coefficient (Wildman–Crippen LogP) is 0.277. The zero-order valence-electron chi connectivity index (χ0n) is 9.20. The van der Waals surface area contributed by atoms with E-state index in [2.05, 4.69) is 0 Å². The van der Waals surface area contributed by atoms with Gasteiger partial charge in [0.05, 0.1) is 24.3 Å². The summed E-state index contributed by atoms with van der Waals surface area (Å²) < 4.78 is 20.5. The fourth-order valence-corrected chi connectivity index (χ4v) is 2.65. The van der Waals surface area contributed by atoms with Crippen LogP contribution in [0.2, 0.25) is 0 Å². The molecule has 1 unspecified atom stereocenters. The van der Waals surface area contributed by atoms with Crippen molar-refractivity contribution in [1.29, 1.82) is 0 Å². The molecule has 2 atom stereocenters. The minimum atomic E-state index is -1.77. The minimum Gasteiger partial charge on any atom is -0.272 e. The van der Waals surface area contributed by atoms with E-state index in [1.807, 2.05) is 0 Å². The summed E-state index contributed by atoms with van der Waals surface area (Å²) >= 11 is -1.77. The Morgan fingerprint density at radius 2 is 1.83 bits per heavy atom. The van der Waals surface area contributed by atoms with Crippen molar-refractivity contribution in [1.82, 2.24) is 4.90 Å². The van der Waals surface area contributed by atoms with Gasteiger partial charge >= 0.3 is 11.4 Å². The van der Waals surface area contributed by atoms with E-state index < -0.39 is 17.5 Å². The van der Waals surface area contributed by atoms with Crippen LogP contribution >= 0.6 is 0 Å². The number of hydrogen-bond acceptors (Lipinski definition) is 5. The van der Waals surface area contributed by atoms with Crippen LogP contribution < -0.4 is 0 Å². The van der Waals surface area contributed by atoms with Crippen LogP contribution in [0.3, 0.4) is 0 Å². The summed E-state index contributed by atoms with van der Waals surface area (Å²) in [4.78, 5) is 25.1. The van der Waals surface area contributed by atoms with Crippen molar-refractivity contribution in [3.63, 3.8) is 0 Å². The summed E-state index contributed by atoms with van der Waals surface area (Å²) in [5.74, 6) is -0.700. The van der Waals surface area contributed by atoms with Crippen molar-refractivity contribution < 1.29 is 22.2 Å². The summed E-state index contributed by atoms with van der Waals surface area (Å²) in [5.41, 5.74) is 0.782. The molecular weight excluding hydrogens is 258 g/mol. The van der Waals surface area contributed by atoms with Crippen LogP contribution in [-0.2, 0) is 19.7 Å². The lowest BCUT2D eigenvalue weighted by Crippen LogP contribution is -2.37. The van der Waals surface area contributed by atoms with Crippen LogP contribution in [0.5, 0.6) is 0 Å². The largest absolute Gasteiger partial charge is 0.305 e. The highest BCUT2D eigenvalue weighted by Crippen LogP contribution is 2.23. The van der Waals surface area contributed by atoms with Crippen LogP contribution in [0.4, 0.5) is 0 Å². The van der Waals surface area contributed by atoms with Crippen LogP contribution in [0, 0.1) is 0 Å². The van der Waals surface area contributed by atoms with Gasteiger partial charge in [0.25, 0.3) is 11.8 Å². The number of rotatable bonds is 2. The quantitative estimate of drug-likeness (QED) is 0.719. The van der Waals surface area contributed by atoms with Crippen LogP contribution in [0.25, 0.3) is 0 Å². The zero-order valence-corrected chi connectivity index (χ0v) is 10.0. The van der Waals surface area contributed by atoms with Crippen molar-refractivity contribution in [2.24, 2.45) is 0 Å². The van der Waals surface area contributed by atoms with E-state index in [1.165, 1.54) is 0 Å².